The first kappa shape index (κ1) is 21.9. The minimum atomic E-state index is -0.220. The Balaban J connectivity index is 0.00000338. The highest BCUT2D eigenvalue weighted by Gasteiger charge is 2.28. The fourth-order valence-corrected chi connectivity index (χ4v) is 2.84. The van der Waals surface area contributed by atoms with Crippen molar-refractivity contribution in [2.75, 3.05) is 37.8 Å². The Morgan fingerprint density at radius 2 is 2.12 bits per heavy atom. The molecule has 3 amide bonds. The van der Waals surface area contributed by atoms with Gasteiger partial charge < -0.3 is 26.0 Å². The first-order valence-electron chi connectivity index (χ1n) is 8.68. The van der Waals surface area contributed by atoms with Crippen LogP contribution in [0.4, 0.5) is 16.2 Å². The molecule has 1 atom stereocenters. The highest BCUT2D eigenvalue weighted by atomic mass is 35.5. The van der Waals surface area contributed by atoms with E-state index in [-0.39, 0.29) is 30.3 Å². The van der Waals surface area contributed by atoms with Crippen molar-refractivity contribution in [2.24, 2.45) is 11.8 Å². The molecule has 146 valence electrons. The molecule has 8 heteroatoms. The van der Waals surface area contributed by atoms with Gasteiger partial charge in [0.1, 0.15) is 5.75 Å². The Kier molecular flexibility index (Phi) is 8.51. The number of carbonyl (C=O) groups is 2. The number of ether oxygens (including phenoxy) is 1. The Bertz CT molecular complexity index is 624. The minimum absolute atomic E-state index is 0. The number of nitrogens with two attached hydrogens (primary N) is 1. The van der Waals surface area contributed by atoms with Gasteiger partial charge in [0.25, 0.3) is 0 Å². The molecule has 1 unspecified atom stereocenters. The Morgan fingerprint density at radius 1 is 1.38 bits per heavy atom. The molecule has 0 saturated carbocycles. The number of nitrogen functional groups attached to an aromatic ring is 1. The van der Waals surface area contributed by atoms with Crippen molar-refractivity contribution in [3.05, 3.63) is 18.2 Å². The zero-order valence-corrected chi connectivity index (χ0v) is 16.4. The van der Waals surface area contributed by atoms with Crippen LogP contribution in [0.3, 0.4) is 0 Å². The summed E-state index contributed by atoms with van der Waals surface area (Å²) in [5.41, 5.74) is 6.97. The van der Waals surface area contributed by atoms with Gasteiger partial charge in [0.2, 0.25) is 5.91 Å². The minimum Gasteiger partial charge on any atom is -0.495 e. The molecule has 1 aliphatic heterocycles. The second kappa shape index (κ2) is 10.1. The Hall–Kier alpha value is -2.15. The lowest BCUT2D eigenvalue weighted by Crippen LogP contribution is -2.48. The number of nitrogens with zero attached hydrogens (tertiary/aromatic N) is 1. The number of hydrogen-bond acceptors (Lipinski definition) is 4. The lowest BCUT2D eigenvalue weighted by molar-refractivity contribution is -0.121. The van der Waals surface area contributed by atoms with Gasteiger partial charge in [-0.25, -0.2) is 4.79 Å². The van der Waals surface area contributed by atoms with Crippen LogP contribution in [0, 0.1) is 11.8 Å². The molecule has 1 aliphatic rings. The molecule has 0 spiro atoms. The molecule has 26 heavy (non-hydrogen) atoms. The Morgan fingerprint density at radius 3 is 2.73 bits per heavy atom. The second-order valence-corrected chi connectivity index (χ2v) is 6.81. The van der Waals surface area contributed by atoms with Gasteiger partial charge in [0, 0.05) is 25.3 Å². The molecule has 1 heterocycles. The third-order valence-corrected chi connectivity index (χ3v) is 4.24. The zero-order valence-electron chi connectivity index (χ0n) is 15.6. The predicted octanol–water partition coefficient (Wildman–Crippen LogP) is 2.72. The monoisotopic (exact) mass is 384 g/mol. The smallest absolute Gasteiger partial charge is 0.317 e. The van der Waals surface area contributed by atoms with E-state index >= 15 is 0 Å². The van der Waals surface area contributed by atoms with Crippen molar-refractivity contribution < 1.29 is 14.3 Å². The van der Waals surface area contributed by atoms with E-state index in [1.54, 1.807) is 30.2 Å². The standard InChI is InChI=1S/C18H28N4O3.ClH/c1-12(2)10-20-18(24)22-8-4-5-13(11-22)17(23)21-14-6-7-16(25-3)15(19)9-14;/h6-7,9,12-13H,4-5,8,10-11,19H2,1-3H3,(H,20,24)(H,21,23);1H. The third kappa shape index (κ3) is 5.98. The maximum atomic E-state index is 12.5. The van der Waals surface area contributed by atoms with Gasteiger partial charge in [-0.05, 0) is 37.0 Å². The number of piperidine rings is 1. The van der Waals surface area contributed by atoms with E-state index in [9.17, 15) is 9.59 Å². The first-order valence-corrected chi connectivity index (χ1v) is 8.68. The Labute approximate surface area is 161 Å². The number of benzene rings is 1. The zero-order chi connectivity index (χ0) is 18.4. The predicted molar refractivity (Wildman–Crippen MR) is 106 cm³/mol. The molecule has 0 bridgehead atoms. The maximum absolute atomic E-state index is 12.5. The first-order chi connectivity index (χ1) is 11.9. The van der Waals surface area contributed by atoms with E-state index in [0.29, 0.717) is 42.7 Å². The van der Waals surface area contributed by atoms with Crippen LogP contribution in [0.15, 0.2) is 18.2 Å². The number of nitrogens with one attached hydrogen (secondary N) is 2. The van der Waals surface area contributed by atoms with Crippen LogP contribution in [-0.4, -0.2) is 43.6 Å². The summed E-state index contributed by atoms with van der Waals surface area (Å²) < 4.78 is 5.11. The van der Waals surface area contributed by atoms with E-state index < -0.39 is 0 Å². The summed E-state index contributed by atoms with van der Waals surface area (Å²) >= 11 is 0. The summed E-state index contributed by atoms with van der Waals surface area (Å²) in [5, 5.41) is 5.79. The maximum Gasteiger partial charge on any atom is 0.317 e. The van der Waals surface area contributed by atoms with Crippen LogP contribution >= 0.6 is 12.4 Å². The molecule has 1 fully saturated rings. The lowest BCUT2D eigenvalue weighted by Gasteiger charge is -2.32. The number of methoxy groups -OCH3 is 1. The van der Waals surface area contributed by atoms with Gasteiger partial charge in [0.05, 0.1) is 18.7 Å². The average molecular weight is 385 g/mol. The summed E-state index contributed by atoms with van der Waals surface area (Å²) in [4.78, 5) is 26.4. The SMILES string of the molecule is COc1ccc(NC(=O)C2CCCN(C(=O)NCC(C)C)C2)cc1N.Cl. The number of urea groups is 1. The number of carbonyl (C=O) groups excluding carboxylic acids is 2. The number of hydrogen-bond donors (Lipinski definition) is 3. The van der Waals surface area contributed by atoms with Gasteiger partial charge in [-0.3, -0.25) is 4.79 Å². The van der Waals surface area contributed by atoms with E-state index in [4.69, 9.17) is 10.5 Å². The van der Waals surface area contributed by atoms with E-state index in [0.717, 1.165) is 12.8 Å². The lowest BCUT2D eigenvalue weighted by atomic mass is 9.97. The summed E-state index contributed by atoms with van der Waals surface area (Å²) in [7, 11) is 1.55. The number of halogens is 1. The largest absolute Gasteiger partial charge is 0.495 e. The molecule has 1 aromatic carbocycles. The van der Waals surface area contributed by atoms with Gasteiger partial charge in [-0.2, -0.15) is 0 Å². The van der Waals surface area contributed by atoms with Crippen molar-refractivity contribution in [3.8, 4) is 5.75 Å². The van der Waals surface area contributed by atoms with Crippen LogP contribution in [0.5, 0.6) is 5.75 Å². The van der Waals surface area contributed by atoms with Gasteiger partial charge >= 0.3 is 6.03 Å². The van der Waals surface area contributed by atoms with Crippen molar-refractivity contribution in [1.82, 2.24) is 10.2 Å². The quantitative estimate of drug-likeness (QED) is 0.680. The van der Waals surface area contributed by atoms with Crippen molar-refractivity contribution in [2.45, 2.75) is 26.7 Å². The van der Waals surface area contributed by atoms with Crippen LogP contribution in [0.1, 0.15) is 26.7 Å². The van der Waals surface area contributed by atoms with Crippen molar-refractivity contribution in [3.63, 3.8) is 0 Å². The molecule has 4 N–H and O–H groups in total. The third-order valence-electron chi connectivity index (χ3n) is 4.24. The molecular weight excluding hydrogens is 356 g/mol. The molecule has 0 radical (unpaired) electrons. The fraction of sp³-hybridized carbons (Fsp3) is 0.556. The molecule has 1 aromatic rings. The molecule has 0 aliphatic carbocycles. The molecule has 1 saturated heterocycles. The molecule has 0 aromatic heterocycles. The van der Waals surface area contributed by atoms with Crippen LogP contribution < -0.4 is 21.1 Å². The molecular formula is C18H29ClN4O3. The van der Waals surface area contributed by atoms with Crippen molar-refractivity contribution >= 4 is 35.7 Å². The fourth-order valence-electron chi connectivity index (χ4n) is 2.84. The number of amides is 3. The molecule has 2 rings (SSSR count). The summed E-state index contributed by atoms with van der Waals surface area (Å²) in [6.07, 6.45) is 1.59. The highest BCUT2D eigenvalue weighted by Crippen LogP contribution is 2.25. The van der Waals surface area contributed by atoms with E-state index in [1.165, 1.54) is 0 Å². The number of anilines is 2. The van der Waals surface area contributed by atoms with Crippen LogP contribution in [0.2, 0.25) is 0 Å². The normalized spacial score (nSPS) is 16.6. The van der Waals surface area contributed by atoms with Crippen molar-refractivity contribution in [1.29, 1.82) is 0 Å². The number of likely N-dealkylation sites (tertiary alicyclic amines) is 1. The summed E-state index contributed by atoms with van der Waals surface area (Å²) in [6.45, 7) is 5.85. The summed E-state index contributed by atoms with van der Waals surface area (Å²) in [5.74, 6) is 0.657. The highest BCUT2D eigenvalue weighted by molar-refractivity contribution is 5.93. The van der Waals surface area contributed by atoms with Gasteiger partial charge in [-0.1, -0.05) is 13.8 Å². The van der Waals surface area contributed by atoms with Crippen LogP contribution in [-0.2, 0) is 4.79 Å². The van der Waals surface area contributed by atoms with Gasteiger partial charge in [0.15, 0.2) is 0 Å². The van der Waals surface area contributed by atoms with Crippen LogP contribution in [0.25, 0.3) is 0 Å². The van der Waals surface area contributed by atoms with E-state index in [2.05, 4.69) is 10.6 Å². The second-order valence-electron chi connectivity index (χ2n) is 6.81. The summed E-state index contributed by atoms with van der Waals surface area (Å²) in [6, 6.07) is 5.05. The average Bonchev–Trinajstić information content (AvgIpc) is 2.60. The number of rotatable bonds is 5. The van der Waals surface area contributed by atoms with Gasteiger partial charge in [-0.15, -0.1) is 12.4 Å². The molecule has 7 nitrogen and oxygen atoms in total. The topological polar surface area (TPSA) is 96.7 Å². The van der Waals surface area contributed by atoms with E-state index in [1.807, 2.05) is 13.8 Å².